The second-order valence-electron chi connectivity index (χ2n) is 6.33. The van der Waals surface area contributed by atoms with Crippen molar-refractivity contribution in [2.24, 2.45) is 0 Å². The number of benzene rings is 2. The third-order valence-corrected chi connectivity index (χ3v) is 4.09. The lowest BCUT2D eigenvalue weighted by molar-refractivity contribution is -0.186. The second kappa shape index (κ2) is 7.78. The molecule has 0 bridgehead atoms. The molecule has 1 fully saturated rings. The zero-order valence-electron chi connectivity index (χ0n) is 14.1. The van der Waals surface area contributed by atoms with Gasteiger partial charge in [-0.2, -0.15) is 0 Å². The Labute approximate surface area is 147 Å². The fraction of sp³-hybridized carbons (Fsp3) is 0.350. The molecule has 0 saturated carbocycles. The lowest BCUT2D eigenvalue weighted by Gasteiger charge is -2.19. The molecular formula is C20H22O5. The highest BCUT2D eigenvalue weighted by Crippen LogP contribution is 2.31. The first-order chi connectivity index (χ1) is 12.0. The van der Waals surface area contributed by atoms with Gasteiger partial charge in [0, 0.05) is 6.42 Å². The number of carbonyl (C=O) groups excluding carboxylic acids is 1. The summed E-state index contributed by atoms with van der Waals surface area (Å²) >= 11 is 0. The van der Waals surface area contributed by atoms with Crippen molar-refractivity contribution in [3.05, 3.63) is 71.8 Å². The summed E-state index contributed by atoms with van der Waals surface area (Å²) in [6.07, 6.45) is -0.530. The summed E-state index contributed by atoms with van der Waals surface area (Å²) in [6, 6.07) is 18.5. The van der Waals surface area contributed by atoms with Gasteiger partial charge < -0.3 is 19.3 Å². The van der Waals surface area contributed by atoms with E-state index >= 15 is 0 Å². The van der Waals surface area contributed by atoms with Crippen LogP contribution in [-0.2, 0) is 20.8 Å². The van der Waals surface area contributed by atoms with Crippen molar-refractivity contribution >= 4 is 5.97 Å². The number of esters is 1. The molecule has 0 unspecified atom stereocenters. The van der Waals surface area contributed by atoms with E-state index < -0.39 is 17.9 Å². The Kier molecular flexibility index (Phi) is 5.48. The summed E-state index contributed by atoms with van der Waals surface area (Å²) in [5.74, 6) is -1.71. The van der Waals surface area contributed by atoms with Gasteiger partial charge in [0.05, 0.1) is 18.3 Å². The lowest BCUT2D eigenvalue weighted by Crippen LogP contribution is -2.31. The number of hydrogen-bond acceptors (Lipinski definition) is 5. The minimum atomic E-state index is -1.29. The van der Waals surface area contributed by atoms with Gasteiger partial charge in [0.2, 0.25) is 0 Å². The Morgan fingerprint density at radius 3 is 2.48 bits per heavy atom. The molecule has 0 aromatic heterocycles. The summed E-state index contributed by atoms with van der Waals surface area (Å²) in [4.78, 5) is 12.1. The highest BCUT2D eigenvalue weighted by atomic mass is 16.7. The van der Waals surface area contributed by atoms with E-state index in [-0.39, 0.29) is 12.7 Å². The highest BCUT2D eigenvalue weighted by molar-refractivity contribution is 5.89. The Balaban J connectivity index is 1.57. The number of carbonyl (C=O) groups is 1. The standard InChI is InChI=1S/C20H22O5/c1-20(22)12-17(23-13-15-8-4-2-5-9-15)18(25-20)14-24-19(21)16-10-6-3-7-11-16/h2-11,17-18,22H,12-14H2,1H3/t17-,18+,20-/m0/s1. The fourth-order valence-electron chi connectivity index (χ4n) is 2.86. The van der Waals surface area contributed by atoms with Crippen molar-refractivity contribution in [2.75, 3.05) is 6.61 Å². The topological polar surface area (TPSA) is 65.0 Å². The molecule has 5 nitrogen and oxygen atoms in total. The van der Waals surface area contributed by atoms with Crippen LogP contribution in [0.1, 0.15) is 29.3 Å². The van der Waals surface area contributed by atoms with E-state index in [2.05, 4.69) is 0 Å². The molecule has 1 saturated heterocycles. The van der Waals surface area contributed by atoms with E-state index in [0.29, 0.717) is 18.6 Å². The molecule has 1 aliphatic rings. The zero-order valence-corrected chi connectivity index (χ0v) is 14.1. The average molecular weight is 342 g/mol. The minimum Gasteiger partial charge on any atom is -0.459 e. The maximum Gasteiger partial charge on any atom is 0.338 e. The van der Waals surface area contributed by atoms with Gasteiger partial charge >= 0.3 is 5.97 Å². The van der Waals surface area contributed by atoms with E-state index in [1.165, 1.54) is 0 Å². The molecule has 0 aliphatic carbocycles. The first kappa shape index (κ1) is 17.6. The van der Waals surface area contributed by atoms with E-state index in [1.807, 2.05) is 36.4 Å². The first-order valence-electron chi connectivity index (χ1n) is 8.31. The van der Waals surface area contributed by atoms with E-state index in [9.17, 15) is 9.90 Å². The van der Waals surface area contributed by atoms with Crippen LogP contribution in [0, 0.1) is 0 Å². The summed E-state index contributed by atoms with van der Waals surface area (Å²) in [5.41, 5.74) is 1.52. The summed E-state index contributed by atoms with van der Waals surface area (Å²) in [5, 5.41) is 10.2. The number of ether oxygens (including phenoxy) is 3. The second-order valence-corrected chi connectivity index (χ2v) is 6.33. The number of hydrogen-bond donors (Lipinski definition) is 1. The minimum absolute atomic E-state index is 0.0311. The molecule has 1 heterocycles. The molecule has 132 valence electrons. The molecular weight excluding hydrogens is 320 g/mol. The molecule has 5 heteroatoms. The van der Waals surface area contributed by atoms with Crippen LogP contribution in [-0.4, -0.2) is 35.7 Å². The summed E-state index contributed by atoms with van der Waals surface area (Å²) in [6.45, 7) is 2.03. The smallest absolute Gasteiger partial charge is 0.338 e. The fourth-order valence-corrected chi connectivity index (χ4v) is 2.86. The summed E-state index contributed by atoms with van der Waals surface area (Å²) in [7, 11) is 0. The van der Waals surface area contributed by atoms with Crippen LogP contribution in [0.3, 0.4) is 0 Å². The van der Waals surface area contributed by atoms with Crippen molar-refractivity contribution in [3.63, 3.8) is 0 Å². The first-order valence-corrected chi connectivity index (χ1v) is 8.31. The van der Waals surface area contributed by atoms with Crippen LogP contribution < -0.4 is 0 Å². The molecule has 0 amide bonds. The molecule has 1 aliphatic heterocycles. The normalized spacial score (nSPS) is 25.7. The Hall–Kier alpha value is -2.21. The maximum absolute atomic E-state index is 12.1. The lowest BCUT2D eigenvalue weighted by atomic mass is 10.1. The maximum atomic E-state index is 12.1. The van der Waals surface area contributed by atoms with Gasteiger partial charge in [-0.05, 0) is 24.6 Å². The van der Waals surface area contributed by atoms with E-state index in [1.54, 1.807) is 31.2 Å². The van der Waals surface area contributed by atoms with Crippen molar-refractivity contribution in [1.29, 1.82) is 0 Å². The van der Waals surface area contributed by atoms with Gasteiger partial charge in [-0.3, -0.25) is 0 Å². The van der Waals surface area contributed by atoms with Crippen LogP contribution >= 0.6 is 0 Å². The SMILES string of the molecule is C[C@@]1(O)C[C@H](OCc2ccccc2)[C@@H](COC(=O)c2ccccc2)O1. The largest absolute Gasteiger partial charge is 0.459 e. The van der Waals surface area contributed by atoms with Crippen LogP contribution in [0.5, 0.6) is 0 Å². The van der Waals surface area contributed by atoms with Gasteiger partial charge in [-0.15, -0.1) is 0 Å². The van der Waals surface area contributed by atoms with Gasteiger partial charge in [0.25, 0.3) is 0 Å². The number of aliphatic hydroxyl groups is 1. The van der Waals surface area contributed by atoms with Crippen LogP contribution in [0.4, 0.5) is 0 Å². The number of rotatable bonds is 6. The van der Waals surface area contributed by atoms with Crippen molar-refractivity contribution in [1.82, 2.24) is 0 Å². The van der Waals surface area contributed by atoms with Crippen LogP contribution in [0.15, 0.2) is 60.7 Å². The highest BCUT2D eigenvalue weighted by Gasteiger charge is 2.43. The van der Waals surface area contributed by atoms with Crippen LogP contribution in [0.2, 0.25) is 0 Å². The predicted molar refractivity (Wildman–Crippen MR) is 91.9 cm³/mol. The Morgan fingerprint density at radius 1 is 1.16 bits per heavy atom. The molecule has 2 aromatic carbocycles. The molecule has 0 spiro atoms. The van der Waals surface area contributed by atoms with Crippen LogP contribution in [0.25, 0.3) is 0 Å². The third kappa shape index (κ3) is 4.89. The predicted octanol–water partition coefficient (Wildman–Crippen LogP) is 2.93. The van der Waals surface area contributed by atoms with Crippen molar-refractivity contribution < 1.29 is 24.1 Å². The molecule has 1 N–H and O–H groups in total. The average Bonchev–Trinajstić information content (AvgIpc) is 2.93. The van der Waals surface area contributed by atoms with Gasteiger partial charge in [0.15, 0.2) is 5.79 Å². The summed E-state index contributed by atoms with van der Waals surface area (Å²) < 4.78 is 16.8. The van der Waals surface area contributed by atoms with E-state index in [4.69, 9.17) is 14.2 Å². The van der Waals surface area contributed by atoms with Crippen molar-refractivity contribution in [2.45, 2.75) is 37.9 Å². The van der Waals surface area contributed by atoms with Gasteiger partial charge in [-0.1, -0.05) is 48.5 Å². The van der Waals surface area contributed by atoms with Crippen molar-refractivity contribution in [3.8, 4) is 0 Å². The zero-order chi connectivity index (χ0) is 17.7. The molecule has 3 rings (SSSR count). The molecule has 2 aromatic rings. The Bertz CT molecular complexity index is 684. The van der Waals surface area contributed by atoms with Gasteiger partial charge in [-0.25, -0.2) is 4.79 Å². The monoisotopic (exact) mass is 342 g/mol. The third-order valence-electron chi connectivity index (χ3n) is 4.09. The quantitative estimate of drug-likeness (QED) is 0.818. The van der Waals surface area contributed by atoms with Gasteiger partial charge in [0.1, 0.15) is 12.7 Å². The molecule has 0 radical (unpaired) electrons. The molecule has 25 heavy (non-hydrogen) atoms. The van der Waals surface area contributed by atoms with E-state index in [0.717, 1.165) is 5.56 Å². The Morgan fingerprint density at radius 2 is 1.80 bits per heavy atom. The molecule has 3 atom stereocenters.